The predicted octanol–water partition coefficient (Wildman–Crippen LogP) is 3.07. The molecule has 1 aromatic carbocycles. The molecule has 1 saturated heterocycles. The summed E-state index contributed by atoms with van der Waals surface area (Å²) in [6.07, 6.45) is 7.99. The Morgan fingerprint density at radius 2 is 1.74 bits per heavy atom. The van der Waals surface area contributed by atoms with Crippen LogP contribution in [0.5, 0.6) is 0 Å². The van der Waals surface area contributed by atoms with Crippen molar-refractivity contribution >= 4 is 32.5 Å². The molecule has 5 rings (SSSR count). The summed E-state index contributed by atoms with van der Waals surface area (Å²) < 4.78 is 28.8. The number of nitrogens with one attached hydrogen (secondary N) is 1. The van der Waals surface area contributed by atoms with E-state index < -0.39 is 10.0 Å². The van der Waals surface area contributed by atoms with Crippen molar-refractivity contribution in [2.24, 2.45) is 13.0 Å². The van der Waals surface area contributed by atoms with Gasteiger partial charge in [0.05, 0.1) is 16.8 Å². The summed E-state index contributed by atoms with van der Waals surface area (Å²) in [5, 5.41) is 8.85. The minimum atomic E-state index is -3.54. The van der Waals surface area contributed by atoms with E-state index in [0.29, 0.717) is 31.7 Å². The summed E-state index contributed by atoms with van der Waals surface area (Å²) in [7, 11) is -1.69. The van der Waals surface area contributed by atoms with Crippen LogP contribution in [0.3, 0.4) is 0 Å². The molecule has 174 valence electrons. The average Bonchev–Trinajstić information content (AvgIpc) is 3.30. The second kappa shape index (κ2) is 8.96. The van der Waals surface area contributed by atoms with Crippen molar-refractivity contribution in [3.05, 3.63) is 67.3 Å². The van der Waals surface area contributed by atoms with Crippen molar-refractivity contribution in [3.8, 4) is 11.3 Å². The fourth-order valence-corrected chi connectivity index (χ4v) is 5.64. The summed E-state index contributed by atoms with van der Waals surface area (Å²) in [6.45, 7) is 0.612. The number of rotatable bonds is 5. The number of sulfonamides is 1. The van der Waals surface area contributed by atoms with Crippen molar-refractivity contribution < 1.29 is 13.2 Å². The van der Waals surface area contributed by atoms with Crippen molar-refractivity contribution in [2.45, 2.75) is 17.7 Å². The van der Waals surface area contributed by atoms with E-state index in [-0.39, 0.29) is 16.7 Å². The van der Waals surface area contributed by atoms with Crippen LogP contribution in [-0.4, -0.2) is 51.5 Å². The van der Waals surface area contributed by atoms with E-state index >= 15 is 0 Å². The zero-order valence-electron chi connectivity index (χ0n) is 18.6. The summed E-state index contributed by atoms with van der Waals surface area (Å²) in [5.41, 5.74) is 1.69. The van der Waals surface area contributed by atoms with Gasteiger partial charge in [0.1, 0.15) is 5.82 Å². The molecule has 1 aliphatic rings. The molecule has 1 aliphatic heterocycles. The Morgan fingerprint density at radius 3 is 2.44 bits per heavy atom. The molecule has 0 aliphatic carbocycles. The van der Waals surface area contributed by atoms with E-state index in [1.165, 1.54) is 4.31 Å². The first-order valence-corrected chi connectivity index (χ1v) is 12.4. The first-order chi connectivity index (χ1) is 16.4. The minimum absolute atomic E-state index is 0.148. The van der Waals surface area contributed by atoms with Gasteiger partial charge in [-0.3, -0.25) is 14.5 Å². The highest BCUT2D eigenvalue weighted by Gasteiger charge is 2.32. The molecule has 0 atom stereocenters. The number of piperidine rings is 1. The normalized spacial score (nSPS) is 15.4. The molecule has 9 nitrogen and oxygen atoms in total. The Kier molecular flexibility index (Phi) is 5.84. The molecule has 1 N–H and O–H groups in total. The third kappa shape index (κ3) is 4.42. The number of carbonyl (C=O) groups excluding carboxylic acids is 1. The lowest BCUT2D eigenvalue weighted by Gasteiger charge is -2.30. The maximum absolute atomic E-state index is 12.9. The standard InChI is InChI=1S/C24H24N6O3S/c1-29-16-20(15-27-29)22-11-18-12-23(26-14-19(18)13-25-22)28-24(31)17-7-9-30(10-8-17)34(32,33)21-5-3-2-4-6-21/h2-6,11-17H,7-10H2,1H3,(H,26,28,31). The van der Waals surface area contributed by atoms with Crippen LogP contribution in [0.2, 0.25) is 0 Å². The Bertz CT molecular complexity index is 1440. The smallest absolute Gasteiger partial charge is 0.243 e. The molecule has 0 radical (unpaired) electrons. The van der Waals surface area contributed by atoms with Gasteiger partial charge in [0.15, 0.2) is 0 Å². The topological polar surface area (TPSA) is 110 Å². The largest absolute Gasteiger partial charge is 0.310 e. The van der Waals surface area contributed by atoms with E-state index in [2.05, 4.69) is 20.4 Å². The van der Waals surface area contributed by atoms with Gasteiger partial charge in [0, 0.05) is 55.6 Å². The van der Waals surface area contributed by atoms with Crippen LogP contribution in [0.1, 0.15) is 12.8 Å². The van der Waals surface area contributed by atoms with E-state index in [1.54, 1.807) is 53.6 Å². The number of carbonyl (C=O) groups is 1. The maximum Gasteiger partial charge on any atom is 0.243 e. The Morgan fingerprint density at radius 1 is 1.00 bits per heavy atom. The molecular weight excluding hydrogens is 452 g/mol. The van der Waals surface area contributed by atoms with Crippen LogP contribution in [0.25, 0.3) is 22.0 Å². The fourth-order valence-electron chi connectivity index (χ4n) is 4.15. The molecule has 1 amide bonds. The maximum atomic E-state index is 12.9. The number of pyridine rings is 2. The second-order valence-electron chi connectivity index (χ2n) is 8.37. The van der Waals surface area contributed by atoms with Gasteiger partial charge in [-0.2, -0.15) is 9.40 Å². The number of hydrogen-bond acceptors (Lipinski definition) is 6. The molecule has 0 spiro atoms. The highest BCUT2D eigenvalue weighted by molar-refractivity contribution is 7.89. The van der Waals surface area contributed by atoms with Crippen molar-refractivity contribution in [2.75, 3.05) is 18.4 Å². The van der Waals surface area contributed by atoms with Gasteiger partial charge in [-0.25, -0.2) is 13.4 Å². The molecule has 4 heterocycles. The molecule has 4 aromatic rings. The lowest BCUT2D eigenvalue weighted by molar-refractivity contribution is -0.120. The molecule has 1 fully saturated rings. The monoisotopic (exact) mass is 476 g/mol. The first kappa shape index (κ1) is 22.2. The summed E-state index contributed by atoms with van der Waals surface area (Å²) in [4.78, 5) is 22.0. The van der Waals surface area contributed by atoms with Gasteiger partial charge >= 0.3 is 0 Å². The van der Waals surface area contributed by atoms with Crippen LogP contribution < -0.4 is 5.32 Å². The zero-order chi connectivity index (χ0) is 23.7. The van der Waals surface area contributed by atoms with Gasteiger partial charge < -0.3 is 5.32 Å². The summed E-state index contributed by atoms with van der Waals surface area (Å²) in [6, 6.07) is 12.1. The van der Waals surface area contributed by atoms with Crippen LogP contribution >= 0.6 is 0 Å². The SMILES string of the molecule is Cn1cc(-c2cc3cc(NC(=O)C4CCN(S(=O)(=O)c5ccccc5)CC4)ncc3cn2)cn1. The van der Waals surface area contributed by atoms with Crippen molar-refractivity contribution in [1.29, 1.82) is 0 Å². The highest BCUT2D eigenvalue weighted by Crippen LogP contribution is 2.26. The molecule has 10 heteroatoms. The number of aromatic nitrogens is 4. The third-order valence-corrected chi connectivity index (χ3v) is 7.97. The molecule has 0 unspecified atom stereocenters. The first-order valence-electron chi connectivity index (χ1n) is 11.0. The number of fused-ring (bicyclic) bond motifs is 1. The zero-order valence-corrected chi connectivity index (χ0v) is 19.4. The quantitative estimate of drug-likeness (QED) is 0.474. The van der Waals surface area contributed by atoms with E-state index in [9.17, 15) is 13.2 Å². The lowest BCUT2D eigenvalue weighted by Crippen LogP contribution is -2.41. The minimum Gasteiger partial charge on any atom is -0.310 e. The predicted molar refractivity (Wildman–Crippen MR) is 128 cm³/mol. The van der Waals surface area contributed by atoms with Gasteiger partial charge in [-0.05, 0) is 42.5 Å². The van der Waals surface area contributed by atoms with E-state index in [1.807, 2.05) is 25.4 Å². The van der Waals surface area contributed by atoms with Crippen LogP contribution in [0.4, 0.5) is 5.82 Å². The molecular formula is C24H24N6O3S. The Labute approximate surface area is 197 Å². The van der Waals surface area contributed by atoms with Gasteiger partial charge in [-0.1, -0.05) is 18.2 Å². The van der Waals surface area contributed by atoms with Crippen LogP contribution in [0, 0.1) is 5.92 Å². The molecule has 3 aromatic heterocycles. The highest BCUT2D eigenvalue weighted by atomic mass is 32.2. The van der Waals surface area contributed by atoms with Gasteiger partial charge in [0.2, 0.25) is 15.9 Å². The molecule has 0 saturated carbocycles. The van der Waals surface area contributed by atoms with Crippen LogP contribution in [0.15, 0.2) is 72.1 Å². The fraction of sp³-hybridized carbons (Fsp3) is 0.250. The number of aryl methyl sites for hydroxylation is 1. The van der Waals surface area contributed by atoms with Gasteiger partial charge in [-0.15, -0.1) is 0 Å². The number of amides is 1. The van der Waals surface area contributed by atoms with Crippen LogP contribution in [-0.2, 0) is 21.9 Å². The average molecular weight is 477 g/mol. The third-order valence-electron chi connectivity index (χ3n) is 6.06. The number of anilines is 1. The number of nitrogens with zero attached hydrogens (tertiary/aromatic N) is 5. The molecule has 34 heavy (non-hydrogen) atoms. The summed E-state index contributed by atoms with van der Waals surface area (Å²) in [5.74, 6) is 0.0356. The van der Waals surface area contributed by atoms with Gasteiger partial charge in [0.25, 0.3) is 0 Å². The van der Waals surface area contributed by atoms with Crippen molar-refractivity contribution in [3.63, 3.8) is 0 Å². The summed E-state index contributed by atoms with van der Waals surface area (Å²) >= 11 is 0. The number of benzene rings is 1. The van der Waals surface area contributed by atoms with Crippen molar-refractivity contribution in [1.82, 2.24) is 24.1 Å². The van der Waals surface area contributed by atoms with E-state index in [4.69, 9.17) is 0 Å². The van der Waals surface area contributed by atoms with E-state index in [0.717, 1.165) is 22.0 Å². The molecule has 0 bridgehead atoms. The Hall–Kier alpha value is -3.63. The second-order valence-corrected chi connectivity index (χ2v) is 10.3. The lowest BCUT2D eigenvalue weighted by atomic mass is 9.97. The Balaban J connectivity index is 1.26. The number of hydrogen-bond donors (Lipinski definition) is 1.